The Bertz CT molecular complexity index is 203. The van der Waals surface area contributed by atoms with E-state index >= 15 is 0 Å². The summed E-state index contributed by atoms with van der Waals surface area (Å²) < 4.78 is 22.0. The van der Waals surface area contributed by atoms with E-state index < -0.39 is 9.84 Å². The molecule has 0 aromatic carbocycles. The van der Waals surface area contributed by atoms with E-state index in [2.05, 4.69) is 5.32 Å². The van der Waals surface area contributed by atoms with Crippen molar-refractivity contribution in [1.82, 2.24) is 5.32 Å². The maximum atomic E-state index is 11.0. The Morgan fingerprint density at radius 1 is 1.60 bits per heavy atom. The summed E-state index contributed by atoms with van der Waals surface area (Å²) in [6.45, 7) is 0. The molecule has 10 heavy (non-hydrogen) atoms. The standard InChI is InChI=1S/C6H13NO2S.H2/c1-7-6-3-2-4-10(8,9)5-6;/h6-7H,2-5H2,1H3;1H. The Morgan fingerprint density at radius 2 is 2.30 bits per heavy atom. The molecule has 1 aliphatic rings. The highest BCUT2D eigenvalue weighted by atomic mass is 32.2. The van der Waals surface area contributed by atoms with E-state index in [0.717, 1.165) is 12.8 Å². The summed E-state index contributed by atoms with van der Waals surface area (Å²) in [5, 5.41) is 2.98. The van der Waals surface area contributed by atoms with E-state index in [-0.39, 0.29) is 7.47 Å². The fraction of sp³-hybridized carbons (Fsp3) is 1.00. The molecule has 0 aromatic heterocycles. The molecule has 1 aliphatic heterocycles. The van der Waals surface area contributed by atoms with Gasteiger partial charge in [-0.05, 0) is 19.9 Å². The topological polar surface area (TPSA) is 46.2 Å². The Kier molecular flexibility index (Phi) is 2.31. The van der Waals surface area contributed by atoms with E-state index in [1.54, 1.807) is 0 Å². The summed E-state index contributed by atoms with van der Waals surface area (Å²) in [6, 6.07) is 0.193. The van der Waals surface area contributed by atoms with Gasteiger partial charge in [-0.3, -0.25) is 0 Å². The number of nitrogens with one attached hydrogen (secondary N) is 1. The van der Waals surface area contributed by atoms with Crippen molar-refractivity contribution >= 4 is 9.84 Å². The third-order valence-corrected chi connectivity index (χ3v) is 3.69. The van der Waals surface area contributed by atoms with Crippen LogP contribution in [0.1, 0.15) is 14.3 Å². The van der Waals surface area contributed by atoms with Crippen molar-refractivity contribution < 1.29 is 9.84 Å². The maximum absolute atomic E-state index is 11.0. The maximum Gasteiger partial charge on any atom is 0.151 e. The second-order valence-electron chi connectivity index (χ2n) is 2.74. The van der Waals surface area contributed by atoms with Crippen molar-refractivity contribution in [3.8, 4) is 0 Å². The van der Waals surface area contributed by atoms with Crippen LogP contribution in [0.25, 0.3) is 0 Å². The summed E-state index contributed by atoms with van der Waals surface area (Å²) in [6.07, 6.45) is 1.81. The summed E-state index contributed by atoms with van der Waals surface area (Å²) in [5.74, 6) is 0.703. The molecule has 4 heteroatoms. The monoisotopic (exact) mass is 165 g/mol. The fourth-order valence-electron chi connectivity index (χ4n) is 1.25. The van der Waals surface area contributed by atoms with E-state index in [4.69, 9.17) is 0 Å². The van der Waals surface area contributed by atoms with Crippen LogP contribution in [0.3, 0.4) is 0 Å². The zero-order valence-corrected chi connectivity index (χ0v) is 6.95. The molecule has 0 radical (unpaired) electrons. The lowest BCUT2D eigenvalue weighted by molar-refractivity contribution is 0.511. The minimum Gasteiger partial charge on any atom is -0.316 e. The van der Waals surface area contributed by atoms with Gasteiger partial charge in [-0.15, -0.1) is 0 Å². The predicted molar refractivity (Wildman–Crippen MR) is 42.8 cm³/mol. The summed E-state index contributed by atoms with van der Waals surface area (Å²) >= 11 is 0. The highest BCUT2D eigenvalue weighted by Gasteiger charge is 2.22. The molecule has 0 spiro atoms. The Hall–Kier alpha value is -0.0900. The molecule has 0 aliphatic carbocycles. The number of hydrogen-bond acceptors (Lipinski definition) is 3. The molecule has 62 valence electrons. The van der Waals surface area contributed by atoms with Crippen molar-refractivity contribution in [1.29, 1.82) is 0 Å². The lowest BCUT2D eigenvalue weighted by atomic mass is 10.2. The molecule has 0 aromatic rings. The first kappa shape index (κ1) is 8.01. The van der Waals surface area contributed by atoms with Gasteiger partial charge in [-0.1, -0.05) is 0 Å². The van der Waals surface area contributed by atoms with Crippen LogP contribution in [0.5, 0.6) is 0 Å². The molecular weight excluding hydrogens is 150 g/mol. The molecule has 1 atom stereocenters. The van der Waals surface area contributed by atoms with Crippen molar-refractivity contribution in [3.63, 3.8) is 0 Å². The van der Waals surface area contributed by atoms with Gasteiger partial charge in [0.15, 0.2) is 9.84 Å². The van der Waals surface area contributed by atoms with Crippen LogP contribution in [0.4, 0.5) is 0 Å². The van der Waals surface area contributed by atoms with Crippen molar-refractivity contribution in [2.45, 2.75) is 18.9 Å². The quantitative estimate of drug-likeness (QED) is 0.596. The van der Waals surface area contributed by atoms with Crippen molar-refractivity contribution in [3.05, 3.63) is 0 Å². The average Bonchev–Trinajstić information content (AvgIpc) is 1.86. The normalized spacial score (nSPS) is 31.9. The number of sulfone groups is 1. The summed E-state index contributed by atoms with van der Waals surface area (Å²) in [7, 11) is -0.896. The number of hydrogen-bond donors (Lipinski definition) is 1. The summed E-state index contributed by atoms with van der Waals surface area (Å²) in [5.41, 5.74) is 0. The van der Waals surface area contributed by atoms with Gasteiger partial charge in [-0.25, -0.2) is 8.42 Å². The second-order valence-corrected chi connectivity index (χ2v) is 4.97. The fourth-order valence-corrected chi connectivity index (χ4v) is 2.97. The van der Waals surface area contributed by atoms with Gasteiger partial charge in [0.2, 0.25) is 0 Å². The first-order valence-electron chi connectivity index (χ1n) is 3.52. The minimum absolute atomic E-state index is 0. The zero-order chi connectivity index (χ0) is 7.61. The SMILES string of the molecule is CNC1CCCS(=O)(=O)C1.[HH]. The lowest BCUT2D eigenvalue weighted by Crippen LogP contribution is -2.37. The van der Waals surface area contributed by atoms with Crippen LogP contribution in [-0.2, 0) is 9.84 Å². The third kappa shape index (κ3) is 1.95. The molecule has 0 bridgehead atoms. The summed E-state index contributed by atoms with van der Waals surface area (Å²) in [4.78, 5) is 0. The molecule has 3 nitrogen and oxygen atoms in total. The van der Waals surface area contributed by atoms with Crippen LogP contribution in [0.2, 0.25) is 0 Å². The average molecular weight is 165 g/mol. The molecule has 1 heterocycles. The van der Waals surface area contributed by atoms with E-state index in [9.17, 15) is 8.42 Å². The van der Waals surface area contributed by atoms with Gasteiger partial charge in [0.05, 0.1) is 11.5 Å². The van der Waals surface area contributed by atoms with Gasteiger partial charge in [0, 0.05) is 7.47 Å². The first-order chi connectivity index (χ1) is 4.64. The molecule has 0 amide bonds. The van der Waals surface area contributed by atoms with E-state index in [1.807, 2.05) is 7.05 Å². The van der Waals surface area contributed by atoms with Gasteiger partial charge in [0.1, 0.15) is 0 Å². The zero-order valence-electron chi connectivity index (χ0n) is 6.13. The molecule has 1 unspecified atom stereocenters. The first-order valence-corrected chi connectivity index (χ1v) is 5.34. The number of rotatable bonds is 1. The largest absolute Gasteiger partial charge is 0.316 e. The van der Waals surface area contributed by atoms with E-state index in [1.165, 1.54) is 0 Å². The second kappa shape index (κ2) is 2.88. The molecule has 0 saturated carbocycles. The van der Waals surface area contributed by atoms with Gasteiger partial charge in [-0.2, -0.15) is 0 Å². The van der Waals surface area contributed by atoms with Crippen LogP contribution in [0, 0.1) is 0 Å². The van der Waals surface area contributed by atoms with Gasteiger partial charge in [0.25, 0.3) is 0 Å². The molecule has 1 N–H and O–H groups in total. The highest BCUT2D eigenvalue weighted by molar-refractivity contribution is 7.91. The Balaban J connectivity index is 0.000001000. The van der Waals surface area contributed by atoms with Crippen molar-refractivity contribution in [2.24, 2.45) is 0 Å². The predicted octanol–water partition coefficient (Wildman–Crippen LogP) is 0.0290. The van der Waals surface area contributed by atoms with Crippen LogP contribution in [-0.4, -0.2) is 33.0 Å². The van der Waals surface area contributed by atoms with Crippen molar-refractivity contribution in [2.75, 3.05) is 18.6 Å². The van der Waals surface area contributed by atoms with Crippen LogP contribution >= 0.6 is 0 Å². The van der Waals surface area contributed by atoms with Crippen LogP contribution in [0.15, 0.2) is 0 Å². The molecular formula is C6H15NO2S. The third-order valence-electron chi connectivity index (χ3n) is 1.87. The smallest absolute Gasteiger partial charge is 0.151 e. The Labute approximate surface area is 63.2 Å². The van der Waals surface area contributed by atoms with Gasteiger partial charge >= 0.3 is 0 Å². The molecule has 1 saturated heterocycles. The van der Waals surface area contributed by atoms with Crippen LogP contribution < -0.4 is 5.32 Å². The molecule has 1 rings (SSSR count). The minimum atomic E-state index is -2.71. The lowest BCUT2D eigenvalue weighted by Gasteiger charge is -2.20. The van der Waals surface area contributed by atoms with E-state index in [0.29, 0.717) is 11.5 Å². The molecule has 1 fully saturated rings. The highest BCUT2D eigenvalue weighted by Crippen LogP contribution is 2.10. The Morgan fingerprint density at radius 3 is 2.70 bits per heavy atom. The van der Waals surface area contributed by atoms with Gasteiger partial charge < -0.3 is 5.32 Å².